The number of nitrogens with one attached hydrogen (secondary N) is 1. The van der Waals surface area contributed by atoms with E-state index in [2.05, 4.69) is 14.6 Å². The molecule has 1 fully saturated rings. The maximum absolute atomic E-state index is 12.9. The fraction of sp³-hybridized carbons (Fsp3) is 0.524. The minimum atomic E-state index is -0.335. The lowest BCUT2D eigenvalue weighted by atomic mass is 9.95. The molecule has 3 rings (SSSR count). The molecule has 1 heterocycles. The average Bonchev–Trinajstić information content (AvgIpc) is 2.99. The number of fused-ring (bicyclic) bond motifs is 1. The van der Waals surface area contributed by atoms with Crippen molar-refractivity contribution in [2.24, 2.45) is 0 Å². The van der Waals surface area contributed by atoms with Crippen LogP contribution >= 0.6 is 0 Å². The molecule has 1 saturated carbocycles. The molecule has 0 spiro atoms. The fourth-order valence-corrected chi connectivity index (χ4v) is 4.11. The zero-order chi connectivity index (χ0) is 19.4. The standard InChI is InChI=1S/C21H28N2O4/c1-14-20(21(25)22-12-11-19(24)27-3)17-13-16(26-2)9-10-18(17)23(14)15-7-5-4-6-8-15/h9-10,13,15H,4-8,11-12H2,1-3H3,(H,22,25). The van der Waals surface area contributed by atoms with Crippen LogP contribution in [0, 0.1) is 6.92 Å². The highest BCUT2D eigenvalue weighted by molar-refractivity contribution is 6.09. The van der Waals surface area contributed by atoms with Gasteiger partial charge in [0, 0.05) is 29.2 Å². The van der Waals surface area contributed by atoms with Crippen molar-refractivity contribution in [2.75, 3.05) is 20.8 Å². The lowest BCUT2D eigenvalue weighted by Gasteiger charge is -2.26. The second-order valence-electron chi connectivity index (χ2n) is 7.09. The van der Waals surface area contributed by atoms with Crippen LogP contribution in [0.1, 0.15) is 60.6 Å². The predicted molar refractivity (Wildman–Crippen MR) is 104 cm³/mol. The molecule has 1 aliphatic rings. The Morgan fingerprint density at radius 2 is 1.93 bits per heavy atom. The summed E-state index contributed by atoms with van der Waals surface area (Å²) in [4.78, 5) is 24.2. The third-order valence-electron chi connectivity index (χ3n) is 5.47. The molecule has 1 aromatic carbocycles. The molecule has 1 N–H and O–H groups in total. The minimum Gasteiger partial charge on any atom is -0.497 e. The van der Waals surface area contributed by atoms with Crippen molar-refractivity contribution in [1.82, 2.24) is 9.88 Å². The molecule has 6 nitrogen and oxygen atoms in total. The summed E-state index contributed by atoms with van der Waals surface area (Å²) in [6, 6.07) is 6.34. The van der Waals surface area contributed by atoms with E-state index >= 15 is 0 Å². The van der Waals surface area contributed by atoms with Crippen LogP contribution in [0.4, 0.5) is 0 Å². The van der Waals surface area contributed by atoms with Crippen LogP contribution in [0.25, 0.3) is 10.9 Å². The van der Waals surface area contributed by atoms with Crippen LogP contribution in [0.5, 0.6) is 5.75 Å². The normalized spacial score (nSPS) is 14.9. The Kier molecular flexibility index (Phi) is 6.04. The molecule has 1 aromatic heterocycles. The summed E-state index contributed by atoms with van der Waals surface area (Å²) in [5, 5.41) is 3.75. The maximum Gasteiger partial charge on any atom is 0.307 e. The van der Waals surface area contributed by atoms with Gasteiger partial charge in [-0.05, 0) is 38.0 Å². The van der Waals surface area contributed by atoms with E-state index in [1.807, 2.05) is 25.1 Å². The Labute approximate surface area is 159 Å². The van der Waals surface area contributed by atoms with E-state index in [1.54, 1.807) is 7.11 Å². The van der Waals surface area contributed by atoms with Gasteiger partial charge in [0.05, 0.1) is 26.2 Å². The van der Waals surface area contributed by atoms with E-state index in [9.17, 15) is 9.59 Å². The Hall–Kier alpha value is -2.50. The molecular weight excluding hydrogens is 344 g/mol. The summed E-state index contributed by atoms with van der Waals surface area (Å²) in [5.74, 6) is 0.231. The van der Waals surface area contributed by atoms with Gasteiger partial charge in [-0.25, -0.2) is 0 Å². The van der Waals surface area contributed by atoms with Crippen LogP contribution in [0.15, 0.2) is 18.2 Å². The molecule has 146 valence electrons. The summed E-state index contributed by atoms with van der Waals surface area (Å²) >= 11 is 0. The van der Waals surface area contributed by atoms with Gasteiger partial charge in [-0.2, -0.15) is 0 Å². The van der Waals surface area contributed by atoms with Gasteiger partial charge in [0.25, 0.3) is 5.91 Å². The molecule has 0 unspecified atom stereocenters. The molecule has 6 heteroatoms. The van der Waals surface area contributed by atoms with Crippen LogP contribution in [-0.4, -0.2) is 37.2 Å². The summed E-state index contributed by atoms with van der Waals surface area (Å²) in [6.45, 7) is 2.27. The molecule has 2 aromatic rings. The number of amides is 1. The number of benzene rings is 1. The third kappa shape index (κ3) is 3.94. The number of nitrogens with zero attached hydrogens (tertiary/aromatic N) is 1. The molecule has 27 heavy (non-hydrogen) atoms. The second-order valence-corrected chi connectivity index (χ2v) is 7.09. The van der Waals surface area contributed by atoms with Crippen molar-refractivity contribution in [2.45, 2.75) is 51.5 Å². The van der Waals surface area contributed by atoms with E-state index in [-0.39, 0.29) is 24.8 Å². The van der Waals surface area contributed by atoms with Crippen LogP contribution in [0.2, 0.25) is 0 Å². The van der Waals surface area contributed by atoms with Crippen LogP contribution < -0.4 is 10.1 Å². The van der Waals surface area contributed by atoms with Gasteiger partial charge in [-0.15, -0.1) is 0 Å². The SMILES string of the molecule is COC(=O)CCNC(=O)c1c(C)n(C2CCCCC2)c2ccc(OC)cc12. The fourth-order valence-electron chi connectivity index (χ4n) is 4.11. The second kappa shape index (κ2) is 8.46. The Balaban J connectivity index is 1.98. The first-order valence-electron chi connectivity index (χ1n) is 9.60. The smallest absolute Gasteiger partial charge is 0.307 e. The van der Waals surface area contributed by atoms with Gasteiger partial charge >= 0.3 is 5.97 Å². The van der Waals surface area contributed by atoms with Gasteiger partial charge in [0.1, 0.15) is 5.75 Å². The number of esters is 1. The summed E-state index contributed by atoms with van der Waals surface area (Å²) < 4.78 is 12.3. The number of rotatable bonds is 6. The number of carbonyl (C=O) groups is 2. The highest BCUT2D eigenvalue weighted by atomic mass is 16.5. The van der Waals surface area contributed by atoms with E-state index in [1.165, 1.54) is 26.4 Å². The topological polar surface area (TPSA) is 69.6 Å². The number of hydrogen-bond donors (Lipinski definition) is 1. The number of aromatic nitrogens is 1. The summed E-state index contributed by atoms with van der Waals surface area (Å²) in [7, 11) is 2.97. The number of hydrogen-bond acceptors (Lipinski definition) is 4. The van der Waals surface area contributed by atoms with Crippen LogP contribution in [0.3, 0.4) is 0 Å². The monoisotopic (exact) mass is 372 g/mol. The molecule has 1 aliphatic carbocycles. The van der Waals surface area contributed by atoms with Crippen molar-refractivity contribution in [3.8, 4) is 5.75 Å². The molecular formula is C21H28N2O4. The van der Waals surface area contributed by atoms with E-state index < -0.39 is 0 Å². The Bertz CT molecular complexity index is 834. The van der Waals surface area contributed by atoms with Crippen LogP contribution in [-0.2, 0) is 9.53 Å². The molecule has 0 saturated heterocycles. The number of ether oxygens (including phenoxy) is 2. The molecule has 0 radical (unpaired) electrons. The lowest BCUT2D eigenvalue weighted by Crippen LogP contribution is -2.27. The average molecular weight is 372 g/mol. The van der Waals surface area contributed by atoms with Crippen molar-refractivity contribution >= 4 is 22.8 Å². The molecule has 1 amide bonds. The van der Waals surface area contributed by atoms with Gasteiger partial charge in [-0.3, -0.25) is 9.59 Å². The summed E-state index contributed by atoms with van der Waals surface area (Å²) in [6.07, 6.45) is 6.16. The molecule has 0 atom stereocenters. The zero-order valence-corrected chi connectivity index (χ0v) is 16.3. The van der Waals surface area contributed by atoms with E-state index in [0.717, 1.165) is 35.2 Å². The first kappa shape index (κ1) is 19.3. The third-order valence-corrected chi connectivity index (χ3v) is 5.47. The van der Waals surface area contributed by atoms with Gasteiger partial charge < -0.3 is 19.4 Å². The van der Waals surface area contributed by atoms with Crippen molar-refractivity contribution < 1.29 is 19.1 Å². The largest absolute Gasteiger partial charge is 0.497 e. The van der Waals surface area contributed by atoms with Crippen molar-refractivity contribution in [3.63, 3.8) is 0 Å². The first-order valence-corrected chi connectivity index (χ1v) is 9.60. The highest BCUT2D eigenvalue weighted by Gasteiger charge is 2.25. The predicted octanol–water partition coefficient (Wildman–Crippen LogP) is 3.76. The molecule has 0 bridgehead atoms. The van der Waals surface area contributed by atoms with Crippen molar-refractivity contribution in [3.05, 3.63) is 29.5 Å². The summed E-state index contributed by atoms with van der Waals surface area (Å²) in [5.41, 5.74) is 2.71. The zero-order valence-electron chi connectivity index (χ0n) is 16.3. The first-order chi connectivity index (χ1) is 13.1. The van der Waals surface area contributed by atoms with E-state index in [4.69, 9.17) is 4.74 Å². The Morgan fingerprint density at radius 3 is 2.59 bits per heavy atom. The minimum absolute atomic E-state index is 0.159. The highest BCUT2D eigenvalue weighted by Crippen LogP contribution is 2.37. The molecule has 0 aliphatic heterocycles. The quantitative estimate of drug-likeness (QED) is 0.784. The maximum atomic E-state index is 12.9. The van der Waals surface area contributed by atoms with Gasteiger partial charge in [0.2, 0.25) is 0 Å². The van der Waals surface area contributed by atoms with Crippen molar-refractivity contribution in [1.29, 1.82) is 0 Å². The number of carbonyl (C=O) groups excluding carboxylic acids is 2. The van der Waals surface area contributed by atoms with Gasteiger partial charge in [-0.1, -0.05) is 19.3 Å². The number of methoxy groups -OCH3 is 2. The Morgan fingerprint density at radius 1 is 1.19 bits per heavy atom. The lowest BCUT2D eigenvalue weighted by molar-refractivity contribution is -0.140. The van der Waals surface area contributed by atoms with Gasteiger partial charge in [0.15, 0.2) is 0 Å². The van der Waals surface area contributed by atoms with E-state index in [0.29, 0.717) is 11.6 Å².